The average Bonchev–Trinajstić information content (AvgIpc) is 3.21. The molecule has 0 spiro atoms. The molecule has 4 rings (SSSR count). The molecule has 0 unspecified atom stereocenters. The highest BCUT2D eigenvalue weighted by atomic mass is 19.1. The van der Waals surface area contributed by atoms with Gasteiger partial charge in [0.15, 0.2) is 0 Å². The zero-order valence-electron chi connectivity index (χ0n) is 13.2. The second kappa shape index (κ2) is 5.81. The lowest BCUT2D eigenvalue weighted by molar-refractivity contribution is -0.156. The quantitative estimate of drug-likeness (QED) is 0.898. The van der Waals surface area contributed by atoms with Gasteiger partial charge < -0.3 is 15.1 Å². The second-order valence-corrected chi connectivity index (χ2v) is 6.75. The van der Waals surface area contributed by atoms with Gasteiger partial charge >= 0.3 is 0 Å². The third-order valence-corrected chi connectivity index (χ3v) is 5.28. The van der Waals surface area contributed by atoms with Crippen molar-refractivity contribution in [3.05, 3.63) is 35.4 Å². The minimum absolute atomic E-state index is 0.0262. The van der Waals surface area contributed by atoms with Gasteiger partial charge in [0.05, 0.1) is 0 Å². The Kier molecular flexibility index (Phi) is 3.75. The summed E-state index contributed by atoms with van der Waals surface area (Å²) in [5.74, 6) is -0.896. The number of piperazine rings is 1. The number of hydrogen-bond acceptors (Lipinski definition) is 3. The maximum Gasteiger partial charge on any atom is 0.246 e. The minimum Gasteiger partial charge on any atom is -0.329 e. The maximum atomic E-state index is 13.7. The summed E-state index contributed by atoms with van der Waals surface area (Å²) in [7, 11) is 0. The molecule has 0 saturated carbocycles. The van der Waals surface area contributed by atoms with Gasteiger partial charge in [-0.3, -0.25) is 9.59 Å². The summed E-state index contributed by atoms with van der Waals surface area (Å²) < 4.78 is 26.9. The standard InChI is InChI=1S/C17H19F2N3O2/c18-11-3-4-13(19)10(6-11)8-20-12-7-15-17(24)21-5-1-2-14(21)16(23)22(15)9-12/h3-4,6,12,14-15,20H,1-2,5,7-9H2/t12-,14-,15-/m0/s1. The number of hydrogen-bond donors (Lipinski definition) is 1. The number of fused-ring (bicyclic) bond motifs is 2. The molecule has 3 heterocycles. The van der Waals surface area contributed by atoms with Gasteiger partial charge in [0.2, 0.25) is 11.8 Å². The summed E-state index contributed by atoms with van der Waals surface area (Å²) in [6, 6.07) is 2.54. The van der Waals surface area contributed by atoms with E-state index in [0.29, 0.717) is 19.5 Å². The Balaban J connectivity index is 1.44. The molecule has 7 heteroatoms. The fourth-order valence-electron chi connectivity index (χ4n) is 4.06. The number of rotatable bonds is 3. The molecule has 0 aromatic heterocycles. The molecule has 3 atom stereocenters. The molecular weight excluding hydrogens is 316 g/mol. The van der Waals surface area contributed by atoms with Crippen molar-refractivity contribution in [2.45, 2.75) is 43.9 Å². The van der Waals surface area contributed by atoms with E-state index in [4.69, 9.17) is 0 Å². The second-order valence-electron chi connectivity index (χ2n) is 6.75. The first kappa shape index (κ1) is 15.5. The van der Waals surface area contributed by atoms with Crippen molar-refractivity contribution in [1.29, 1.82) is 0 Å². The smallest absolute Gasteiger partial charge is 0.246 e. The third-order valence-electron chi connectivity index (χ3n) is 5.28. The first-order valence-electron chi connectivity index (χ1n) is 8.33. The van der Waals surface area contributed by atoms with Crippen LogP contribution < -0.4 is 5.32 Å². The van der Waals surface area contributed by atoms with E-state index in [9.17, 15) is 18.4 Å². The number of halogens is 2. The van der Waals surface area contributed by atoms with Crippen molar-refractivity contribution < 1.29 is 18.4 Å². The molecule has 0 bridgehead atoms. The summed E-state index contributed by atoms with van der Waals surface area (Å²) in [5.41, 5.74) is 0.248. The molecule has 1 aromatic carbocycles. The van der Waals surface area contributed by atoms with Gasteiger partial charge in [0, 0.05) is 31.2 Å². The van der Waals surface area contributed by atoms with Crippen LogP contribution in [0.3, 0.4) is 0 Å². The fraction of sp³-hybridized carbons (Fsp3) is 0.529. The SMILES string of the molecule is O=C1[C@@H]2C[C@H](NCc3cc(F)ccc3F)CN2C(=O)[C@@H]2CCCN12. The Morgan fingerprint density at radius 1 is 1.12 bits per heavy atom. The number of amides is 2. The third kappa shape index (κ3) is 2.47. The summed E-state index contributed by atoms with van der Waals surface area (Å²) in [5, 5.41) is 3.16. The molecule has 3 aliphatic heterocycles. The van der Waals surface area contributed by atoms with Crippen LogP contribution in [0.4, 0.5) is 8.78 Å². The van der Waals surface area contributed by atoms with Gasteiger partial charge in [-0.2, -0.15) is 0 Å². The predicted molar refractivity (Wildman–Crippen MR) is 81.8 cm³/mol. The van der Waals surface area contributed by atoms with Crippen LogP contribution >= 0.6 is 0 Å². The molecule has 3 aliphatic rings. The van der Waals surface area contributed by atoms with E-state index in [0.717, 1.165) is 31.0 Å². The van der Waals surface area contributed by atoms with Crippen LogP contribution in [0.15, 0.2) is 18.2 Å². The summed E-state index contributed by atoms with van der Waals surface area (Å²) in [6.07, 6.45) is 2.13. The number of benzene rings is 1. The molecule has 0 aliphatic carbocycles. The van der Waals surface area contributed by atoms with Crippen molar-refractivity contribution in [2.24, 2.45) is 0 Å². The van der Waals surface area contributed by atoms with Gasteiger partial charge in [-0.25, -0.2) is 8.78 Å². The van der Waals surface area contributed by atoms with E-state index in [2.05, 4.69) is 5.32 Å². The highest BCUT2D eigenvalue weighted by molar-refractivity contribution is 5.98. The molecule has 128 valence electrons. The zero-order valence-corrected chi connectivity index (χ0v) is 13.2. The van der Waals surface area contributed by atoms with Crippen molar-refractivity contribution in [2.75, 3.05) is 13.1 Å². The Morgan fingerprint density at radius 2 is 1.92 bits per heavy atom. The van der Waals surface area contributed by atoms with Gasteiger partial charge in [0.25, 0.3) is 0 Å². The molecule has 1 N–H and O–H groups in total. The van der Waals surface area contributed by atoms with Crippen LogP contribution in [0.2, 0.25) is 0 Å². The molecular formula is C17H19F2N3O2. The van der Waals surface area contributed by atoms with Crippen molar-refractivity contribution in [1.82, 2.24) is 15.1 Å². The summed E-state index contributed by atoms with van der Waals surface area (Å²) >= 11 is 0. The highest BCUT2D eigenvalue weighted by Gasteiger charge is 2.51. The van der Waals surface area contributed by atoms with Crippen molar-refractivity contribution in [3.8, 4) is 0 Å². The summed E-state index contributed by atoms with van der Waals surface area (Å²) in [4.78, 5) is 28.5. The van der Waals surface area contributed by atoms with E-state index in [1.807, 2.05) is 0 Å². The van der Waals surface area contributed by atoms with Gasteiger partial charge in [-0.15, -0.1) is 0 Å². The maximum absolute atomic E-state index is 13.7. The molecule has 0 radical (unpaired) electrons. The zero-order chi connectivity index (χ0) is 16.8. The highest BCUT2D eigenvalue weighted by Crippen LogP contribution is 2.32. The lowest BCUT2D eigenvalue weighted by Gasteiger charge is -2.38. The Labute approximate surface area is 138 Å². The van der Waals surface area contributed by atoms with Crippen molar-refractivity contribution in [3.63, 3.8) is 0 Å². The number of carbonyl (C=O) groups excluding carboxylic acids is 2. The predicted octanol–water partition coefficient (Wildman–Crippen LogP) is 1.03. The largest absolute Gasteiger partial charge is 0.329 e. The van der Waals surface area contributed by atoms with Crippen LogP contribution in [0.1, 0.15) is 24.8 Å². The average molecular weight is 335 g/mol. The number of nitrogens with one attached hydrogen (secondary N) is 1. The number of carbonyl (C=O) groups is 2. The van der Waals surface area contributed by atoms with Crippen LogP contribution in [-0.4, -0.2) is 52.8 Å². The first-order valence-corrected chi connectivity index (χ1v) is 8.33. The minimum atomic E-state index is -0.483. The van der Waals surface area contributed by atoms with E-state index in [-0.39, 0.29) is 36.0 Å². The van der Waals surface area contributed by atoms with Gasteiger partial charge in [-0.05, 0) is 37.5 Å². The molecule has 2 amide bonds. The number of nitrogens with zero attached hydrogens (tertiary/aromatic N) is 2. The first-order chi connectivity index (χ1) is 11.5. The van der Waals surface area contributed by atoms with Crippen LogP contribution in [0.5, 0.6) is 0 Å². The van der Waals surface area contributed by atoms with Gasteiger partial charge in [-0.1, -0.05) is 0 Å². The molecule has 3 fully saturated rings. The van der Waals surface area contributed by atoms with Crippen LogP contribution in [0.25, 0.3) is 0 Å². The van der Waals surface area contributed by atoms with E-state index in [1.54, 1.807) is 9.80 Å². The summed E-state index contributed by atoms with van der Waals surface area (Å²) in [6.45, 7) is 1.27. The molecule has 24 heavy (non-hydrogen) atoms. The van der Waals surface area contributed by atoms with Crippen LogP contribution in [-0.2, 0) is 16.1 Å². The molecule has 3 saturated heterocycles. The fourth-order valence-corrected chi connectivity index (χ4v) is 4.06. The normalized spacial score (nSPS) is 29.2. The van der Waals surface area contributed by atoms with E-state index < -0.39 is 17.7 Å². The topological polar surface area (TPSA) is 52.7 Å². The Hall–Kier alpha value is -2.02. The van der Waals surface area contributed by atoms with Crippen molar-refractivity contribution >= 4 is 11.8 Å². The van der Waals surface area contributed by atoms with Gasteiger partial charge in [0.1, 0.15) is 23.7 Å². The van der Waals surface area contributed by atoms with E-state index >= 15 is 0 Å². The van der Waals surface area contributed by atoms with E-state index in [1.165, 1.54) is 0 Å². The molecule has 1 aromatic rings. The lowest BCUT2D eigenvalue weighted by atomic mass is 10.1. The van der Waals surface area contributed by atoms with Crippen LogP contribution in [0, 0.1) is 11.6 Å². The Morgan fingerprint density at radius 3 is 2.75 bits per heavy atom. The lowest BCUT2D eigenvalue weighted by Crippen LogP contribution is -2.60. The molecule has 5 nitrogen and oxygen atoms in total. The monoisotopic (exact) mass is 335 g/mol. The Bertz CT molecular complexity index is 666.